The second-order valence-corrected chi connectivity index (χ2v) is 5.53. The van der Waals surface area contributed by atoms with Crippen LogP contribution >= 0.6 is 0 Å². The maximum Gasteiger partial charge on any atom is 0.305 e. The molecule has 1 aromatic rings. The van der Waals surface area contributed by atoms with Gasteiger partial charge in [-0.2, -0.15) is 0 Å². The zero-order valence-corrected chi connectivity index (χ0v) is 14.4. The van der Waals surface area contributed by atoms with Crippen LogP contribution in [0.1, 0.15) is 49.0 Å². The summed E-state index contributed by atoms with van der Waals surface area (Å²) in [6, 6.07) is 3.34. The van der Waals surface area contributed by atoms with Crippen molar-refractivity contribution < 1.29 is 24.2 Å². The molecule has 0 spiro atoms. The minimum Gasteiger partial charge on any atom is -0.493 e. The van der Waals surface area contributed by atoms with Gasteiger partial charge in [0.15, 0.2) is 11.5 Å². The van der Waals surface area contributed by atoms with Crippen LogP contribution in [-0.2, 0) is 4.79 Å². The SMILES string of the molecule is CCC(CC)(CC(=O)O)NC(=O)c1cc(OC)c(OC)cc1C. The van der Waals surface area contributed by atoms with E-state index in [1.165, 1.54) is 14.2 Å². The van der Waals surface area contributed by atoms with Gasteiger partial charge in [-0.05, 0) is 37.5 Å². The summed E-state index contributed by atoms with van der Waals surface area (Å²) in [4.78, 5) is 23.8. The van der Waals surface area contributed by atoms with Crippen molar-refractivity contribution >= 4 is 11.9 Å². The molecular weight excluding hydrogens is 298 g/mol. The van der Waals surface area contributed by atoms with E-state index < -0.39 is 11.5 Å². The minimum atomic E-state index is -0.932. The fourth-order valence-corrected chi connectivity index (χ4v) is 2.54. The van der Waals surface area contributed by atoms with Gasteiger partial charge >= 0.3 is 5.97 Å². The molecule has 1 amide bonds. The Morgan fingerprint density at radius 2 is 1.65 bits per heavy atom. The van der Waals surface area contributed by atoms with E-state index in [-0.39, 0.29) is 12.3 Å². The Kier molecular flexibility index (Phi) is 6.42. The predicted molar refractivity (Wildman–Crippen MR) is 87.3 cm³/mol. The Labute approximate surface area is 136 Å². The normalized spacial score (nSPS) is 11.0. The maximum absolute atomic E-state index is 12.6. The van der Waals surface area contributed by atoms with Crippen molar-refractivity contribution in [3.8, 4) is 11.5 Å². The first-order chi connectivity index (χ1) is 10.8. The van der Waals surface area contributed by atoms with Gasteiger partial charge in [0.05, 0.1) is 26.2 Å². The zero-order valence-electron chi connectivity index (χ0n) is 14.4. The number of amides is 1. The summed E-state index contributed by atoms with van der Waals surface area (Å²) in [7, 11) is 3.03. The van der Waals surface area contributed by atoms with Crippen molar-refractivity contribution in [1.82, 2.24) is 5.32 Å². The number of hydrogen-bond acceptors (Lipinski definition) is 4. The molecular formula is C17H25NO5. The van der Waals surface area contributed by atoms with Gasteiger partial charge in [0.1, 0.15) is 0 Å². The average molecular weight is 323 g/mol. The van der Waals surface area contributed by atoms with E-state index in [0.717, 1.165) is 5.56 Å². The Hall–Kier alpha value is -2.24. The molecule has 128 valence electrons. The number of nitrogens with one attached hydrogen (secondary N) is 1. The summed E-state index contributed by atoms with van der Waals surface area (Å²) in [5, 5.41) is 12.0. The van der Waals surface area contributed by atoms with E-state index in [9.17, 15) is 9.59 Å². The standard InChI is InChI=1S/C17H25NO5/c1-6-17(7-2,10-15(19)20)18-16(21)12-9-14(23-5)13(22-4)8-11(12)3/h8-9H,6-7,10H2,1-5H3,(H,18,21)(H,19,20). The highest BCUT2D eigenvalue weighted by molar-refractivity contribution is 5.97. The molecule has 6 heteroatoms. The van der Waals surface area contributed by atoms with Crippen LogP contribution in [-0.4, -0.2) is 36.7 Å². The van der Waals surface area contributed by atoms with Crippen LogP contribution in [0.3, 0.4) is 0 Å². The van der Waals surface area contributed by atoms with Crippen LogP contribution in [0, 0.1) is 6.92 Å². The molecule has 23 heavy (non-hydrogen) atoms. The van der Waals surface area contributed by atoms with Crippen molar-refractivity contribution in [2.45, 2.75) is 45.6 Å². The van der Waals surface area contributed by atoms with Gasteiger partial charge in [-0.25, -0.2) is 0 Å². The number of methoxy groups -OCH3 is 2. The lowest BCUT2D eigenvalue weighted by Gasteiger charge is -2.31. The first-order valence-electron chi connectivity index (χ1n) is 7.59. The van der Waals surface area contributed by atoms with Crippen molar-refractivity contribution in [2.24, 2.45) is 0 Å². The predicted octanol–water partition coefficient (Wildman–Crippen LogP) is 2.78. The number of aryl methyl sites for hydroxylation is 1. The van der Waals surface area contributed by atoms with Gasteiger partial charge in [0.25, 0.3) is 5.91 Å². The molecule has 1 aromatic carbocycles. The van der Waals surface area contributed by atoms with Gasteiger partial charge in [-0.15, -0.1) is 0 Å². The van der Waals surface area contributed by atoms with Gasteiger partial charge in [-0.3, -0.25) is 9.59 Å². The summed E-state index contributed by atoms with van der Waals surface area (Å²) in [6.07, 6.45) is 0.958. The maximum atomic E-state index is 12.6. The third-order valence-electron chi connectivity index (χ3n) is 4.20. The number of rotatable bonds is 8. The summed E-state index contributed by atoms with van der Waals surface area (Å²) in [5.74, 6) is -0.240. The Morgan fingerprint density at radius 3 is 2.09 bits per heavy atom. The van der Waals surface area contributed by atoms with Crippen LogP contribution in [0.4, 0.5) is 0 Å². The number of hydrogen-bond donors (Lipinski definition) is 2. The molecule has 0 aromatic heterocycles. The van der Waals surface area contributed by atoms with Crippen LogP contribution in [0.15, 0.2) is 12.1 Å². The van der Waals surface area contributed by atoms with E-state index in [0.29, 0.717) is 29.9 Å². The number of aliphatic carboxylic acids is 1. The first-order valence-corrected chi connectivity index (χ1v) is 7.59. The van der Waals surface area contributed by atoms with Crippen LogP contribution in [0.5, 0.6) is 11.5 Å². The van der Waals surface area contributed by atoms with Crippen molar-refractivity contribution in [2.75, 3.05) is 14.2 Å². The fourth-order valence-electron chi connectivity index (χ4n) is 2.54. The molecule has 0 aliphatic heterocycles. The lowest BCUT2D eigenvalue weighted by molar-refractivity contribution is -0.138. The minimum absolute atomic E-state index is 0.113. The molecule has 0 heterocycles. The van der Waals surface area contributed by atoms with E-state index in [4.69, 9.17) is 14.6 Å². The number of ether oxygens (including phenoxy) is 2. The molecule has 0 fully saturated rings. The monoisotopic (exact) mass is 323 g/mol. The summed E-state index contributed by atoms with van der Waals surface area (Å²) in [5.41, 5.74) is 0.415. The van der Waals surface area contributed by atoms with E-state index in [1.807, 2.05) is 13.8 Å². The molecule has 1 rings (SSSR count). The lowest BCUT2D eigenvalue weighted by Crippen LogP contribution is -2.49. The molecule has 0 unspecified atom stereocenters. The topological polar surface area (TPSA) is 84.9 Å². The van der Waals surface area contributed by atoms with E-state index >= 15 is 0 Å². The molecule has 0 saturated heterocycles. The zero-order chi connectivity index (χ0) is 17.6. The third-order valence-corrected chi connectivity index (χ3v) is 4.20. The quantitative estimate of drug-likeness (QED) is 0.768. The molecule has 0 atom stereocenters. The van der Waals surface area contributed by atoms with Gasteiger partial charge < -0.3 is 19.9 Å². The molecule has 0 radical (unpaired) electrons. The largest absolute Gasteiger partial charge is 0.493 e. The molecule has 0 aliphatic rings. The third kappa shape index (κ3) is 4.37. The average Bonchev–Trinajstić information content (AvgIpc) is 2.53. The number of benzene rings is 1. The molecule has 0 aliphatic carbocycles. The van der Waals surface area contributed by atoms with Crippen LogP contribution in [0.2, 0.25) is 0 Å². The van der Waals surface area contributed by atoms with Crippen molar-refractivity contribution in [1.29, 1.82) is 0 Å². The summed E-state index contributed by atoms with van der Waals surface area (Å²) in [6.45, 7) is 5.54. The molecule has 0 bridgehead atoms. The number of carboxylic acids is 1. The molecule has 0 saturated carbocycles. The lowest BCUT2D eigenvalue weighted by atomic mass is 9.88. The van der Waals surface area contributed by atoms with Gasteiger partial charge in [0.2, 0.25) is 0 Å². The summed E-state index contributed by atoms with van der Waals surface area (Å²) >= 11 is 0. The van der Waals surface area contributed by atoms with E-state index in [2.05, 4.69) is 5.32 Å². The van der Waals surface area contributed by atoms with E-state index in [1.54, 1.807) is 19.1 Å². The number of carbonyl (C=O) groups excluding carboxylic acids is 1. The molecule has 2 N–H and O–H groups in total. The van der Waals surface area contributed by atoms with Gasteiger partial charge in [-0.1, -0.05) is 13.8 Å². The highest BCUT2D eigenvalue weighted by Crippen LogP contribution is 2.31. The van der Waals surface area contributed by atoms with Crippen molar-refractivity contribution in [3.05, 3.63) is 23.3 Å². The highest BCUT2D eigenvalue weighted by atomic mass is 16.5. The van der Waals surface area contributed by atoms with Crippen LogP contribution in [0.25, 0.3) is 0 Å². The second-order valence-electron chi connectivity index (χ2n) is 5.53. The first kappa shape index (κ1) is 18.8. The summed E-state index contributed by atoms with van der Waals surface area (Å²) < 4.78 is 10.4. The Morgan fingerprint density at radius 1 is 1.13 bits per heavy atom. The van der Waals surface area contributed by atoms with Gasteiger partial charge in [0, 0.05) is 5.56 Å². The number of carboxylic acid groups (broad SMARTS) is 1. The second kappa shape index (κ2) is 7.85. The fraction of sp³-hybridized carbons (Fsp3) is 0.529. The Balaban J connectivity index is 3.15. The number of carbonyl (C=O) groups is 2. The smallest absolute Gasteiger partial charge is 0.305 e. The highest BCUT2D eigenvalue weighted by Gasteiger charge is 2.32. The van der Waals surface area contributed by atoms with Crippen LogP contribution < -0.4 is 14.8 Å². The Bertz CT molecular complexity index is 579. The van der Waals surface area contributed by atoms with Crippen molar-refractivity contribution in [3.63, 3.8) is 0 Å². The molecule has 6 nitrogen and oxygen atoms in total.